The fourth-order valence-electron chi connectivity index (χ4n) is 2.19. The third-order valence-electron chi connectivity index (χ3n) is 3.26. The molecule has 0 radical (unpaired) electrons. The third-order valence-corrected chi connectivity index (χ3v) is 3.26. The van der Waals surface area contributed by atoms with Crippen molar-refractivity contribution in [2.75, 3.05) is 0 Å². The molecule has 0 spiro atoms. The van der Waals surface area contributed by atoms with Gasteiger partial charge in [-0.05, 0) is 37.1 Å². The van der Waals surface area contributed by atoms with Crippen molar-refractivity contribution in [3.8, 4) is 5.69 Å². The van der Waals surface area contributed by atoms with Gasteiger partial charge in [0.05, 0.1) is 5.56 Å². The first-order chi connectivity index (χ1) is 9.34. The van der Waals surface area contributed by atoms with Gasteiger partial charge in [0.25, 0.3) is 5.56 Å². The fourth-order valence-corrected chi connectivity index (χ4v) is 2.19. The van der Waals surface area contributed by atoms with E-state index in [1.807, 2.05) is 6.92 Å². The van der Waals surface area contributed by atoms with E-state index in [2.05, 4.69) is 0 Å². The van der Waals surface area contributed by atoms with Gasteiger partial charge >= 0.3 is 6.18 Å². The van der Waals surface area contributed by atoms with Crippen molar-refractivity contribution >= 4 is 0 Å². The molecule has 0 bridgehead atoms. The lowest BCUT2D eigenvalue weighted by atomic mass is 10.1. The van der Waals surface area contributed by atoms with Crippen molar-refractivity contribution in [3.63, 3.8) is 0 Å². The average molecular weight is 281 g/mol. The topological polar surface area (TPSA) is 22.0 Å². The van der Waals surface area contributed by atoms with Crippen LogP contribution in [-0.2, 0) is 12.6 Å². The monoisotopic (exact) mass is 281 g/mol. The first-order valence-corrected chi connectivity index (χ1v) is 6.23. The lowest BCUT2D eigenvalue weighted by molar-refractivity contribution is -0.137. The molecule has 1 aromatic carbocycles. The number of benzene rings is 1. The molecule has 106 valence electrons. The summed E-state index contributed by atoms with van der Waals surface area (Å²) in [5.74, 6) is 0. The smallest absolute Gasteiger partial charge is 0.281 e. The summed E-state index contributed by atoms with van der Waals surface area (Å²) in [4.78, 5) is 12.0. The van der Waals surface area contributed by atoms with Crippen LogP contribution in [0.15, 0.2) is 41.2 Å². The fraction of sp³-hybridized carbons (Fsp3) is 0.267. The van der Waals surface area contributed by atoms with E-state index in [0.717, 1.165) is 17.7 Å². The highest BCUT2D eigenvalue weighted by Crippen LogP contribution is 2.30. The maximum Gasteiger partial charge on any atom is 0.416 e. The van der Waals surface area contributed by atoms with Crippen LogP contribution in [0.1, 0.15) is 23.7 Å². The number of hydrogen-bond donors (Lipinski definition) is 0. The van der Waals surface area contributed by atoms with E-state index in [-0.39, 0.29) is 11.2 Å². The standard InChI is InChI=1S/C15H14F3NO/c1-3-11-7-8-14(20)19(10(11)2)13-6-4-5-12(9-13)15(16,17)18/h4-9H,3H2,1-2H3. The zero-order valence-corrected chi connectivity index (χ0v) is 11.2. The molecule has 0 N–H and O–H groups in total. The molecule has 0 saturated carbocycles. The minimum Gasteiger partial charge on any atom is -0.281 e. The molecule has 0 amide bonds. The SMILES string of the molecule is CCc1ccc(=O)n(-c2cccc(C(F)(F)F)c2)c1C. The van der Waals surface area contributed by atoms with E-state index in [0.29, 0.717) is 12.1 Å². The number of rotatable bonds is 2. The first-order valence-electron chi connectivity index (χ1n) is 6.23. The van der Waals surface area contributed by atoms with Gasteiger partial charge in [-0.15, -0.1) is 0 Å². The van der Waals surface area contributed by atoms with Crippen LogP contribution < -0.4 is 5.56 Å². The Kier molecular flexibility index (Phi) is 3.70. The Hall–Kier alpha value is -2.04. The van der Waals surface area contributed by atoms with Gasteiger partial charge in [0, 0.05) is 17.4 Å². The van der Waals surface area contributed by atoms with Crippen molar-refractivity contribution in [3.05, 3.63) is 63.6 Å². The van der Waals surface area contributed by atoms with E-state index in [1.165, 1.54) is 22.8 Å². The summed E-state index contributed by atoms with van der Waals surface area (Å²) in [6.45, 7) is 3.67. The van der Waals surface area contributed by atoms with Crippen molar-refractivity contribution in [2.45, 2.75) is 26.4 Å². The second kappa shape index (κ2) is 5.15. The summed E-state index contributed by atoms with van der Waals surface area (Å²) in [7, 11) is 0. The summed E-state index contributed by atoms with van der Waals surface area (Å²) >= 11 is 0. The molecule has 0 unspecified atom stereocenters. The van der Waals surface area contributed by atoms with Gasteiger partial charge in [-0.2, -0.15) is 13.2 Å². The Balaban J connectivity index is 2.66. The van der Waals surface area contributed by atoms with Crippen LogP contribution in [-0.4, -0.2) is 4.57 Å². The minimum atomic E-state index is -4.42. The predicted molar refractivity (Wildman–Crippen MR) is 71.2 cm³/mol. The van der Waals surface area contributed by atoms with Gasteiger partial charge in [0.15, 0.2) is 0 Å². The van der Waals surface area contributed by atoms with Crippen LogP contribution in [0.5, 0.6) is 0 Å². The summed E-state index contributed by atoms with van der Waals surface area (Å²) in [6.07, 6.45) is -3.71. The molecule has 0 saturated heterocycles. The lowest BCUT2D eigenvalue weighted by Crippen LogP contribution is -2.21. The molecule has 0 aliphatic carbocycles. The summed E-state index contributed by atoms with van der Waals surface area (Å²) in [5.41, 5.74) is 0.737. The Bertz CT molecular complexity index is 686. The van der Waals surface area contributed by atoms with Gasteiger partial charge in [-0.25, -0.2) is 0 Å². The van der Waals surface area contributed by atoms with Crippen LogP contribution in [0.4, 0.5) is 13.2 Å². The largest absolute Gasteiger partial charge is 0.416 e. The van der Waals surface area contributed by atoms with Gasteiger partial charge in [-0.1, -0.05) is 19.1 Å². The van der Waals surface area contributed by atoms with Gasteiger partial charge < -0.3 is 0 Å². The number of pyridine rings is 1. The highest BCUT2D eigenvalue weighted by atomic mass is 19.4. The number of alkyl halides is 3. The van der Waals surface area contributed by atoms with Gasteiger partial charge in [0.2, 0.25) is 0 Å². The van der Waals surface area contributed by atoms with Crippen molar-refractivity contribution in [1.82, 2.24) is 4.57 Å². The molecule has 2 rings (SSSR count). The average Bonchev–Trinajstić information content (AvgIpc) is 2.38. The number of halogens is 3. The lowest BCUT2D eigenvalue weighted by Gasteiger charge is -2.15. The Morgan fingerprint density at radius 1 is 1.15 bits per heavy atom. The van der Waals surface area contributed by atoms with Crippen LogP contribution in [0.2, 0.25) is 0 Å². The maximum atomic E-state index is 12.7. The van der Waals surface area contributed by atoms with Crippen LogP contribution >= 0.6 is 0 Å². The number of aryl methyl sites for hydroxylation is 1. The quantitative estimate of drug-likeness (QED) is 0.822. The van der Waals surface area contributed by atoms with Crippen molar-refractivity contribution in [2.24, 2.45) is 0 Å². The van der Waals surface area contributed by atoms with E-state index in [9.17, 15) is 18.0 Å². The molecule has 5 heteroatoms. The molecule has 0 aliphatic heterocycles. The second-order valence-corrected chi connectivity index (χ2v) is 4.52. The van der Waals surface area contributed by atoms with Crippen molar-refractivity contribution < 1.29 is 13.2 Å². The van der Waals surface area contributed by atoms with Crippen LogP contribution in [0, 0.1) is 6.92 Å². The predicted octanol–water partition coefficient (Wildman–Crippen LogP) is 3.73. The number of hydrogen-bond acceptors (Lipinski definition) is 1. The zero-order valence-electron chi connectivity index (χ0n) is 11.2. The highest BCUT2D eigenvalue weighted by molar-refractivity contribution is 5.40. The van der Waals surface area contributed by atoms with E-state index >= 15 is 0 Å². The van der Waals surface area contributed by atoms with Crippen molar-refractivity contribution in [1.29, 1.82) is 0 Å². The van der Waals surface area contributed by atoms with Crippen LogP contribution in [0.3, 0.4) is 0 Å². The molecule has 2 nitrogen and oxygen atoms in total. The van der Waals surface area contributed by atoms with Gasteiger partial charge in [-0.3, -0.25) is 9.36 Å². The minimum absolute atomic E-state index is 0.234. The number of aromatic nitrogens is 1. The zero-order chi connectivity index (χ0) is 14.9. The summed E-state index contributed by atoms with van der Waals surface area (Å²) in [6, 6.07) is 7.89. The molecular formula is C15H14F3NO. The Morgan fingerprint density at radius 3 is 2.45 bits per heavy atom. The van der Waals surface area contributed by atoms with E-state index < -0.39 is 11.7 Å². The highest BCUT2D eigenvalue weighted by Gasteiger charge is 2.30. The summed E-state index contributed by atoms with van der Waals surface area (Å²) < 4.78 is 39.5. The molecule has 2 aromatic rings. The summed E-state index contributed by atoms with van der Waals surface area (Å²) in [5, 5.41) is 0. The van der Waals surface area contributed by atoms with E-state index in [1.54, 1.807) is 13.0 Å². The molecule has 0 fully saturated rings. The van der Waals surface area contributed by atoms with Crippen LogP contribution in [0.25, 0.3) is 5.69 Å². The molecule has 20 heavy (non-hydrogen) atoms. The normalized spacial score (nSPS) is 11.7. The van der Waals surface area contributed by atoms with Gasteiger partial charge in [0.1, 0.15) is 0 Å². The first kappa shape index (κ1) is 14.4. The Morgan fingerprint density at radius 2 is 1.85 bits per heavy atom. The molecule has 0 aliphatic rings. The Labute approximate surface area is 114 Å². The maximum absolute atomic E-state index is 12.7. The third kappa shape index (κ3) is 2.61. The van der Waals surface area contributed by atoms with E-state index in [4.69, 9.17) is 0 Å². The molecule has 0 atom stereocenters. The molecule has 1 aromatic heterocycles. The number of nitrogens with zero attached hydrogens (tertiary/aromatic N) is 1. The second-order valence-electron chi connectivity index (χ2n) is 4.52. The molecular weight excluding hydrogens is 267 g/mol. The molecule has 1 heterocycles.